The molecular weight excluding hydrogens is 250 g/mol. The Morgan fingerprint density at radius 1 is 1.25 bits per heavy atom. The van der Waals surface area contributed by atoms with Crippen molar-refractivity contribution in [2.24, 2.45) is 0 Å². The summed E-state index contributed by atoms with van der Waals surface area (Å²) >= 11 is 0. The van der Waals surface area contributed by atoms with Crippen LogP contribution >= 0.6 is 0 Å². The van der Waals surface area contributed by atoms with Crippen molar-refractivity contribution >= 4 is 11.7 Å². The van der Waals surface area contributed by atoms with E-state index < -0.39 is 0 Å². The van der Waals surface area contributed by atoms with E-state index in [1.54, 1.807) is 12.3 Å². The molecule has 102 valence electrons. The van der Waals surface area contributed by atoms with Crippen molar-refractivity contribution < 1.29 is 4.79 Å². The molecule has 20 heavy (non-hydrogen) atoms. The van der Waals surface area contributed by atoms with Crippen LogP contribution < -0.4 is 5.32 Å². The van der Waals surface area contributed by atoms with Crippen molar-refractivity contribution in [2.75, 3.05) is 11.9 Å². The number of hydrogen-bond acceptors (Lipinski definition) is 3. The zero-order chi connectivity index (χ0) is 13.9. The van der Waals surface area contributed by atoms with Crippen LogP contribution in [0.2, 0.25) is 0 Å². The molecule has 2 heterocycles. The molecule has 1 N–H and O–H groups in total. The molecular formula is C16H17N3O. The van der Waals surface area contributed by atoms with Crippen molar-refractivity contribution in [1.82, 2.24) is 9.88 Å². The van der Waals surface area contributed by atoms with Gasteiger partial charge in [-0.25, -0.2) is 4.98 Å². The van der Waals surface area contributed by atoms with Crippen LogP contribution in [0.4, 0.5) is 5.82 Å². The van der Waals surface area contributed by atoms with E-state index in [-0.39, 0.29) is 5.91 Å². The molecule has 0 aliphatic carbocycles. The number of aromatic nitrogens is 1. The van der Waals surface area contributed by atoms with Gasteiger partial charge in [0.1, 0.15) is 5.82 Å². The molecule has 0 atom stereocenters. The van der Waals surface area contributed by atoms with Gasteiger partial charge in [0.25, 0.3) is 5.91 Å². The van der Waals surface area contributed by atoms with Gasteiger partial charge in [-0.1, -0.05) is 24.3 Å². The van der Waals surface area contributed by atoms with Crippen LogP contribution in [0.3, 0.4) is 0 Å². The summed E-state index contributed by atoms with van der Waals surface area (Å²) < 4.78 is 0. The molecule has 1 aliphatic rings. The summed E-state index contributed by atoms with van der Waals surface area (Å²) in [5, 5.41) is 3.13. The Kier molecular flexibility index (Phi) is 3.37. The van der Waals surface area contributed by atoms with E-state index in [0.29, 0.717) is 18.7 Å². The Hall–Kier alpha value is -2.36. The SMILES string of the molecule is CCNc1cc(C(=O)N2Cc3ccccc3C2)ccn1. The third-order valence-corrected chi connectivity index (χ3v) is 3.49. The van der Waals surface area contributed by atoms with Gasteiger partial charge in [0.2, 0.25) is 0 Å². The lowest BCUT2D eigenvalue weighted by Gasteiger charge is -2.15. The number of fused-ring (bicyclic) bond motifs is 1. The highest BCUT2D eigenvalue weighted by Crippen LogP contribution is 2.24. The van der Waals surface area contributed by atoms with E-state index >= 15 is 0 Å². The number of nitrogens with one attached hydrogen (secondary N) is 1. The lowest BCUT2D eigenvalue weighted by Crippen LogP contribution is -2.25. The number of anilines is 1. The molecule has 1 amide bonds. The van der Waals surface area contributed by atoms with Crippen LogP contribution in [0.25, 0.3) is 0 Å². The van der Waals surface area contributed by atoms with Gasteiger partial charge >= 0.3 is 0 Å². The quantitative estimate of drug-likeness (QED) is 0.930. The molecule has 4 nitrogen and oxygen atoms in total. The van der Waals surface area contributed by atoms with Crippen LogP contribution in [0.15, 0.2) is 42.6 Å². The highest BCUT2D eigenvalue weighted by Gasteiger charge is 2.23. The monoisotopic (exact) mass is 267 g/mol. The fourth-order valence-corrected chi connectivity index (χ4v) is 2.50. The minimum absolute atomic E-state index is 0.0581. The second-order valence-electron chi connectivity index (χ2n) is 4.89. The van der Waals surface area contributed by atoms with Crippen molar-refractivity contribution in [3.8, 4) is 0 Å². The van der Waals surface area contributed by atoms with Gasteiger partial charge < -0.3 is 10.2 Å². The average molecular weight is 267 g/mol. The fraction of sp³-hybridized carbons (Fsp3) is 0.250. The maximum Gasteiger partial charge on any atom is 0.254 e. The van der Waals surface area contributed by atoms with E-state index in [4.69, 9.17) is 0 Å². The third-order valence-electron chi connectivity index (χ3n) is 3.49. The summed E-state index contributed by atoms with van der Waals surface area (Å²) in [6.45, 7) is 4.18. The molecule has 0 spiro atoms. The number of rotatable bonds is 3. The van der Waals surface area contributed by atoms with E-state index in [0.717, 1.165) is 12.4 Å². The van der Waals surface area contributed by atoms with Crippen molar-refractivity contribution in [3.63, 3.8) is 0 Å². The lowest BCUT2D eigenvalue weighted by molar-refractivity contribution is 0.0751. The normalized spacial score (nSPS) is 13.2. The van der Waals surface area contributed by atoms with Gasteiger partial charge in [0.15, 0.2) is 0 Å². The van der Waals surface area contributed by atoms with Gasteiger partial charge in [-0.2, -0.15) is 0 Å². The molecule has 0 saturated heterocycles. The Morgan fingerprint density at radius 2 is 1.95 bits per heavy atom. The van der Waals surface area contributed by atoms with Crippen LogP contribution in [-0.4, -0.2) is 22.3 Å². The number of hydrogen-bond donors (Lipinski definition) is 1. The first kappa shape index (κ1) is 12.7. The molecule has 0 radical (unpaired) electrons. The Balaban J connectivity index is 1.79. The lowest BCUT2D eigenvalue weighted by atomic mass is 10.1. The fourth-order valence-electron chi connectivity index (χ4n) is 2.50. The molecule has 0 fully saturated rings. The maximum absolute atomic E-state index is 12.5. The molecule has 1 aromatic heterocycles. The molecule has 1 aromatic carbocycles. The van der Waals surface area contributed by atoms with Crippen LogP contribution in [-0.2, 0) is 13.1 Å². The molecule has 3 rings (SSSR count). The number of benzene rings is 1. The standard InChI is InChI=1S/C16H17N3O/c1-2-17-15-9-12(7-8-18-15)16(20)19-10-13-5-3-4-6-14(13)11-19/h3-9H,2,10-11H2,1H3,(H,17,18). The Labute approximate surface area is 118 Å². The molecule has 1 aliphatic heterocycles. The van der Waals surface area contributed by atoms with E-state index in [9.17, 15) is 4.79 Å². The largest absolute Gasteiger partial charge is 0.370 e. The molecule has 0 unspecified atom stereocenters. The zero-order valence-corrected chi connectivity index (χ0v) is 11.5. The summed E-state index contributed by atoms with van der Waals surface area (Å²) in [6.07, 6.45) is 1.68. The first-order chi connectivity index (χ1) is 9.78. The van der Waals surface area contributed by atoms with E-state index in [1.807, 2.05) is 30.0 Å². The summed E-state index contributed by atoms with van der Waals surface area (Å²) in [4.78, 5) is 18.6. The number of carbonyl (C=O) groups excluding carboxylic acids is 1. The van der Waals surface area contributed by atoms with Gasteiger partial charge in [-0.05, 0) is 30.2 Å². The van der Waals surface area contributed by atoms with Crippen molar-refractivity contribution in [3.05, 3.63) is 59.3 Å². The summed E-state index contributed by atoms with van der Waals surface area (Å²) in [7, 11) is 0. The average Bonchev–Trinajstić information content (AvgIpc) is 2.91. The molecule has 0 saturated carbocycles. The van der Waals surface area contributed by atoms with Gasteiger partial charge in [0.05, 0.1) is 0 Å². The van der Waals surface area contributed by atoms with Gasteiger partial charge in [0, 0.05) is 31.4 Å². The number of carbonyl (C=O) groups is 1. The second kappa shape index (κ2) is 5.33. The van der Waals surface area contributed by atoms with Crippen LogP contribution in [0.1, 0.15) is 28.4 Å². The summed E-state index contributed by atoms with van der Waals surface area (Å²) in [5.41, 5.74) is 3.16. The Morgan fingerprint density at radius 3 is 2.60 bits per heavy atom. The van der Waals surface area contributed by atoms with Crippen LogP contribution in [0.5, 0.6) is 0 Å². The van der Waals surface area contributed by atoms with E-state index in [2.05, 4.69) is 22.4 Å². The summed E-state index contributed by atoms with van der Waals surface area (Å²) in [5.74, 6) is 0.804. The van der Waals surface area contributed by atoms with Crippen molar-refractivity contribution in [1.29, 1.82) is 0 Å². The molecule has 0 bridgehead atoms. The highest BCUT2D eigenvalue weighted by atomic mass is 16.2. The predicted molar refractivity (Wildman–Crippen MR) is 78.4 cm³/mol. The maximum atomic E-state index is 12.5. The predicted octanol–water partition coefficient (Wildman–Crippen LogP) is 2.67. The molecule has 4 heteroatoms. The molecule has 2 aromatic rings. The number of amides is 1. The van der Waals surface area contributed by atoms with Crippen LogP contribution in [0, 0.1) is 0 Å². The van der Waals surface area contributed by atoms with E-state index in [1.165, 1.54) is 11.1 Å². The topological polar surface area (TPSA) is 45.2 Å². The minimum atomic E-state index is 0.0581. The minimum Gasteiger partial charge on any atom is -0.370 e. The zero-order valence-electron chi connectivity index (χ0n) is 11.5. The first-order valence-electron chi connectivity index (χ1n) is 6.84. The third kappa shape index (κ3) is 2.37. The number of pyridine rings is 1. The van der Waals surface area contributed by atoms with Gasteiger partial charge in [-0.15, -0.1) is 0 Å². The second-order valence-corrected chi connectivity index (χ2v) is 4.89. The van der Waals surface area contributed by atoms with Gasteiger partial charge in [-0.3, -0.25) is 4.79 Å². The highest BCUT2D eigenvalue weighted by molar-refractivity contribution is 5.95. The van der Waals surface area contributed by atoms with Crippen molar-refractivity contribution in [2.45, 2.75) is 20.0 Å². The summed E-state index contributed by atoms with van der Waals surface area (Å²) in [6, 6.07) is 11.8. The number of nitrogens with zero attached hydrogens (tertiary/aromatic N) is 2. The Bertz CT molecular complexity index is 614. The first-order valence-corrected chi connectivity index (χ1v) is 6.84. The smallest absolute Gasteiger partial charge is 0.254 e.